The van der Waals surface area contributed by atoms with Crippen molar-refractivity contribution in [1.82, 2.24) is 4.90 Å². The maximum Gasteiger partial charge on any atom is 0.428 e. The van der Waals surface area contributed by atoms with Crippen molar-refractivity contribution in [2.24, 2.45) is 0 Å². The number of hydrogen-bond acceptors (Lipinski definition) is 5. The van der Waals surface area contributed by atoms with Crippen LogP contribution < -0.4 is 0 Å². The average Bonchev–Trinajstić information content (AvgIpc) is 2.89. The lowest BCUT2D eigenvalue weighted by molar-refractivity contribution is -0.261. The Morgan fingerprint density at radius 1 is 1.45 bits per heavy atom. The van der Waals surface area contributed by atoms with Crippen molar-refractivity contribution in [2.45, 2.75) is 31.0 Å². The molecule has 0 aromatic carbocycles. The minimum atomic E-state index is -5.19. The molecule has 1 rings (SSSR count). The molecule has 1 heterocycles. The summed E-state index contributed by atoms with van der Waals surface area (Å²) < 4.78 is 42.9. The minimum Gasteiger partial charge on any atom is -0.467 e. The normalized spacial score (nSPS) is 19.4. The molecular formula is C12H15F3N2O3. The maximum absolute atomic E-state index is 12.9. The zero-order chi connectivity index (χ0) is 15.4. The second kappa shape index (κ2) is 6.13. The molecular weight excluding hydrogens is 277 g/mol. The number of carbonyl (C=O) groups excluding carboxylic acids is 1. The Morgan fingerprint density at radius 2 is 2.00 bits per heavy atom. The highest BCUT2D eigenvalue weighted by atomic mass is 19.4. The third-order valence-corrected chi connectivity index (χ3v) is 3.17. The van der Waals surface area contributed by atoms with E-state index in [0.29, 0.717) is 13.1 Å². The molecule has 8 heteroatoms. The molecule has 0 spiro atoms. The Balaban J connectivity index is 3.07. The molecule has 1 atom stereocenters. The van der Waals surface area contributed by atoms with E-state index in [0.717, 1.165) is 26.0 Å². The highest BCUT2D eigenvalue weighted by molar-refractivity contribution is 5.80. The van der Waals surface area contributed by atoms with Crippen LogP contribution in [-0.2, 0) is 9.53 Å². The van der Waals surface area contributed by atoms with E-state index in [4.69, 9.17) is 5.26 Å². The van der Waals surface area contributed by atoms with Gasteiger partial charge in [0.25, 0.3) is 5.60 Å². The number of nitrogens with zero attached hydrogens (tertiary/aromatic N) is 2. The van der Waals surface area contributed by atoms with Crippen LogP contribution in [0, 0.1) is 11.3 Å². The molecule has 1 saturated heterocycles. The van der Waals surface area contributed by atoms with Crippen molar-refractivity contribution < 1.29 is 27.8 Å². The second-order valence-corrected chi connectivity index (χ2v) is 4.49. The third kappa shape index (κ3) is 3.22. The summed E-state index contributed by atoms with van der Waals surface area (Å²) in [5.41, 5.74) is -3.66. The molecule has 0 aromatic heterocycles. The van der Waals surface area contributed by atoms with E-state index in [1.165, 1.54) is 0 Å². The predicted octanol–water partition coefficient (Wildman–Crippen LogP) is 1.35. The van der Waals surface area contributed by atoms with Gasteiger partial charge in [0.1, 0.15) is 0 Å². The summed E-state index contributed by atoms with van der Waals surface area (Å²) in [5, 5.41) is 18.4. The van der Waals surface area contributed by atoms with Crippen molar-refractivity contribution in [1.29, 1.82) is 5.26 Å². The fourth-order valence-electron chi connectivity index (χ4n) is 2.05. The molecule has 5 nitrogen and oxygen atoms in total. The number of allylic oxidation sites excluding steroid dienone is 1. The van der Waals surface area contributed by atoms with E-state index < -0.39 is 24.2 Å². The monoisotopic (exact) mass is 292 g/mol. The smallest absolute Gasteiger partial charge is 0.428 e. The number of carbonyl (C=O) groups is 1. The number of hydrogen-bond donors (Lipinski definition) is 1. The largest absolute Gasteiger partial charge is 0.467 e. The van der Waals surface area contributed by atoms with Gasteiger partial charge in [0, 0.05) is 31.3 Å². The zero-order valence-corrected chi connectivity index (χ0v) is 10.9. The third-order valence-electron chi connectivity index (χ3n) is 3.17. The molecule has 1 fully saturated rings. The Labute approximate surface area is 114 Å². The summed E-state index contributed by atoms with van der Waals surface area (Å²) in [4.78, 5) is 12.9. The van der Waals surface area contributed by atoms with Gasteiger partial charge >= 0.3 is 12.1 Å². The van der Waals surface area contributed by atoms with Crippen LogP contribution in [0.3, 0.4) is 0 Å². The molecule has 0 aromatic rings. The molecule has 0 aliphatic carbocycles. The van der Waals surface area contributed by atoms with Crippen LogP contribution in [0.25, 0.3) is 0 Å². The van der Waals surface area contributed by atoms with Crippen molar-refractivity contribution in [2.75, 3.05) is 20.2 Å². The molecule has 112 valence electrons. The summed E-state index contributed by atoms with van der Waals surface area (Å²) in [6.07, 6.45) is -3.73. The lowest BCUT2D eigenvalue weighted by Crippen LogP contribution is -2.53. The molecule has 1 N–H and O–H groups in total. The van der Waals surface area contributed by atoms with Crippen LogP contribution >= 0.6 is 0 Å². The summed E-state index contributed by atoms with van der Waals surface area (Å²) in [5.74, 6) is -1.78. The van der Waals surface area contributed by atoms with Crippen molar-refractivity contribution >= 4 is 5.97 Å². The fraction of sp³-hybridized carbons (Fsp3) is 0.667. The number of ether oxygens (including phenoxy) is 1. The minimum absolute atomic E-state index is 0.0183. The summed E-state index contributed by atoms with van der Waals surface area (Å²) in [6.45, 7) is 0.977. The molecule has 0 saturated carbocycles. The van der Waals surface area contributed by atoms with Crippen LogP contribution in [-0.4, -0.2) is 48.0 Å². The lowest BCUT2D eigenvalue weighted by atomic mass is 9.96. The van der Waals surface area contributed by atoms with Gasteiger partial charge < -0.3 is 14.7 Å². The summed E-state index contributed by atoms with van der Waals surface area (Å²) >= 11 is 0. The van der Waals surface area contributed by atoms with Crippen LogP contribution in [0.15, 0.2) is 11.8 Å². The van der Waals surface area contributed by atoms with Gasteiger partial charge in [0.2, 0.25) is 0 Å². The SMILES string of the molecule is COC(=O)[C@@](O)(CC(=CC#N)N1CCCC1)C(F)(F)F. The average molecular weight is 292 g/mol. The number of aliphatic hydroxyl groups is 1. The van der Waals surface area contributed by atoms with E-state index in [2.05, 4.69) is 4.74 Å². The van der Waals surface area contributed by atoms with E-state index >= 15 is 0 Å². The maximum atomic E-state index is 12.9. The first-order valence-electron chi connectivity index (χ1n) is 5.97. The molecule has 0 amide bonds. The van der Waals surface area contributed by atoms with Gasteiger partial charge in [-0.05, 0) is 12.8 Å². The quantitative estimate of drug-likeness (QED) is 0.625. The first-order chi connectivity index (χ1) is 9.26. The standard InChI is InChI=1S/C12H15F3N2O3/c1-20-10(18)11(19,12(13,14)15)8-9(4-5-16)17-6-2-3-7-17/h4,19H,2-3,6-8H2,1H3/t11-/m0/s1. The van der Waals surface area contributed by atoms with Gasteiger partial charge in [-0.15, -0.1) is 0 Å². The van der Waals surface area contributed by atoms with E-state index in [9.17, 15) is 23.1 Å². The molecule has 1 aliphatic rings. The molecule has 0 unspecified atom stereocenters. The lowest BCUT2D eigenvalue weighted by Gasteiger charge is -2.31. The van der Waals surface area contributed by atoms with Gasteiger partial charge in [-0.25, -0.2) is 4.79 Å². The van der Waals surface area contributed by atoms with Gasteiger partial charge in [-0.1, -0.05) is 0 Å². The zero-order valence-electron chi connectivity index (χ0n) is 10.9. The van der Waals surface area contributed by atoms with Crippen LogP contribution in [0.5, 0.6) is 0 Å². The molecule has 0 bridgehead atoms. The Kier molecular flexibility index (Phi) is 5.00. The van der Waals surface area contributed by atoms with Crippen molar-refractivity contribution in [3.05, 3.63) is 11.8 Å². The van der Waals surface area contributed by atoms with Gasteiger partial charge in [0.05, 0.1) is 13.2 Å². The fourth-order valence-corrected chi connectivity index (χ4v) is 2.05. The number of methoxy groups -OCH3 is 1. The topological polar surface area (TPSA) is 73.6 Å². The van der Waals surface area contributed by atoms with Crippen LogP contribution in [0.1, 0.15) is 19.3 Å². The van der Waals surface area contributed by atoms with Crippen LogP contribution in [0.4, 0.5) is 13.2 Å². The van der Waals surface area contributed by atoms with E-state index in [-0.39, 0.29) is 5.70 Å². The van der Waals surface area contributed by atoms with Gasteiger partial charge in [0.15, 0.2) is 0 Å². The Hall–Kier alpha value is -1.75. The van der Waals surface area contributed by atoms with E-state index in [1.54, 1.807) is 11.0 Å². The summed E-state index contributed by atoms with van der Waals surface area (Å²) in [7, 11) is 0.766. The molecule has 0 radical (unpaired) electrons. The highest BCUT2D eigenvalue weighted by Gasteiger charge is 2.61. The predicted molar refractivity (Wildman–Crippen MR) is 62.1 cm³/mol. The number of likely N-dealkylation sites (tertiary alicyclic amines) is 1. The summed E-state index contributed by atoms with van der Waals surface area (Å²) in [6, 6.07) is 1.64. The van der Waals surface area contributed by atoms with Gasteiger partial charge in [-0.2, -0.15) is 18.4 Å². The highest BCUT2D eigenvalue weighted by Crippen LogP contribution is 2.37. The number of alkyl halides is 3. The number of halogens is 3. The molecule has 20 heavy (non-hydrogen) atoms. The Bertz CT molecular complexity index is 436. The first-order valence-corrected chi connectivity index (χ1v) is 5.97. The molecule has 1 aliphatic heterocycles. The van der Waals surface area contributed by atoms with Gasteiger partial charge in [-0.3, -0.25) is 0 Å². The second-order valence-electron chi connectivity index (χ2n) is 4.49. The van der Waals surface area contributed by atoms with Crippen molar-refractivity contribution in [3.63, 3.8) is 0 Å². The number of nitriles is 1. The first kappa shape index (κ1) is 16.3. The van der Waals surface area contributed by atoms with Crippen molar-refractivity contribution in [3.8, 4) is 6.07 Å². The van der Waals surface area contributed by atoms with E-state index in [1.807, 2.05) is 0 Å². The van der Waals surface area contributed by atoms with Crippen LogP contribution in [0.2, 0.25) is 0 Å². The Morgan fingerprint density at radius 3 is 2.40 bits per heavy atom. The number of rotatable bonds is 4. The number of esters is 1.